The van der Waals surface area contributed by atoms with Crippen LogP contribution in [0.2, 0.25) is 0 Å². The van der Waals surface area contributed by atoms with E-state index in [1.165, 1.54) is 0 Å². The summed E-state index contributed by atoms with van der Waals surface area (Å²) in [6.45, 7) is 5.06. The zero-order valence-corrected chi connectivity index (χ0v) is 11.0. The predicted octanol–water partition coefficient (Wildman–Crippen LogP) is 1.18. The van der Waals surface area contributed by atoms with E-state index in [0.717, 1.165) is 38.6 Å². The van der Waals surface area contributed by atoms with Gasteiger partial charge in [0.15, 0.2) is 0 Å². The highest BCUT2D eigenvalue weighted by Crippen LogP contribution is 2.18. The molecule has 1 aliphatic rings. The summed E-state index contributed by atoms with van der Waals surface area (Å²) in [5.74, 6) is 0.0708. The summed E-state index contributed by atoms with van der Waals surface area (Å²) in [6.07, 6.45) is 4.97. The average molecular weight is 242 g/mol. The quantitative estimate of drug-likeness (QED) is 0.613. The standard InChI is InChI=1S/C13H26N2O2/c1-10(2)14-9-5-8-13(17)15-11-6-3-4-7-12(11)16/h10-12,14,16H,3-9H2,1-2H3,(H,15,17). The second-order valence-electron chi connectivity index (χ2n) is 5.24. The maximum Gasteiger partial charge on any atom is 0.220 e. The number of amides is 1. The van der Waals surface area contributed by atoms with E-state index >= 15 is 0 Å². The summed E-state index contributed by atoms with van der Waals surface area (Å²) in [5, 5.41) is 16.0. The van der Waals surface area contributed by atoms with Crippen LogP contribution < -0.4 is 10.6 Å². The second-order valence-corrected chi connectivity index (χ2v) is 5.24. The second kappa shape index (κ2) is 7.67. The lowest BCUT2D eigenvalue weighted by molar-refractivity contribution is -0.123. The molecule has 0 aromatic heterocycles. The Morgan fingerprint density at radius 1 is 1.35 bits per heavy atom. The first-order chi connectivity index (χ1) is 8.09. The number of nitrogens with one attached hydrogen (secondary N) is 2. The van der Waals surface area contributed by atoms with Gasteiger partial charge >= 0.3 is 0 Å². The Kier molecular flexibility index (Phi) is 6.52. The zero-order chi connectivity index (χ0) is 12.7. The Bertz CT molecular complexity index is 231. The minimum atomic E-state index is -0.346. The third-order valence-electron chi connectivity index (χ3n) is 3.21. The van der Waals surface area contributed by atoms with Gasteiger partial charge in [-0.1, -0.05) is 26.7 Å². The SMILES string of the molecule is CC(C)NCCCC(=O)NC1CCCCC1O. The highest BCUT2D eigenvalue weighted by molar-refractivity contribution is 5.76. The number of aliphatic hydroxyl groups is 1. The third-order valence-corrected chi connectivity index (χ3v) is 3.21. The van der Waals surface area contributed by atoms with Crippen molar-refractivity contribution >= 4 is 5.91 Å². The first kappa shape index (κ1) is 14.5. The molecule has 4 heteroatoms. The summed E-state index contributed by atoms with van der Waals surface area (Å²) >= 11 is 0. The molecule has 0 radical (unpaired) electrons. The summed E-state index contributed by atoms with van der Waals surface area (Å²) in [5.41, 5.74) is 0. The van der Waals surface area contributed by atoms with Gasteiger partial charge in [0.1, 0.15) is 0 Å². The molecule has 0 aromatic carbocycles. The molecule has 0 saturated heterocycles. The van der Waals surface area contributed by atoms with Crippen LogP contribution in [0.5, 0.6) is 0 Å². The van der Waals surface area contributed by atoms with E-state index in [2.05, 4.69) is 24.5 Å². The van der Waals surface area contributed by atoms with Crippen LogP contribution in [0.1, 0.15) is 52.4 Å². The fraction of sp³-hybridized carbons (Fsp3) is 0.923. The molecule has 1 amide bonds. The fourth-order valence-electron chi connectivity index (χ4n) is 2.20. The predicted molar refractivity (Wildman–Crippen MR) is 68.8 cm³/mol. The molecule has 2 atom stereocenters. The molecule has 17 heavy (non-hydrogen) atoms. The van der Waals surface area contributed by atoms with E-state index in [1.807, 2.05) is 0 Å². The van der Waals surface area contributed by atoms with E-state index < -0.39 is 0 Å². The van der Waals surface area contributed by atoms with Gasteiger partial charge in [-0.25, -0.2) is 0 Å². The molecule has 4 nitrogen and oxygen atoms in total. The van der Waals surface area contributed by atoms with Gasteiger partial charge in [0.2, 0.25) is 5.91 Å². The lowest BCUT2D eigenvalue weighted by Crippen LogP contribution is -2.45. The molecular formula is C13H26N2O2. The maximum atomic E-state index is 11.7. The average Bonchev–Trinajstić information content (AvgIpc) is 2.27. The van der Waals surface area contributed by atoms with Crippen LogP contribution in [-0.4, -0.2) is 35.7 Å². The normalized spacial score (nSPS) is 24.9. The van der Waals surface area contributed by atoms with E-state index in [4.69, 9.17) is 0 Å². The van der Waals surface area contributed by atoms with Crippen LogP contribution in [-0.2, 0) is 4.79 Å². The van der Waals surface area contributed by atoms with Crippen molar-refractivity contribution in [2.45, 2.75) is 70.6 Å². The molecule has 0 spiro atoms. The molecule has 100 valence electrons. The van der Waals surface area contributed by atoms with Gasteiger partial charge in [-0.2, -0.15) is 0 Å². The number of rotatable bonds is 6. The topological polar surface area (TPSA) is 61.4 Å². The van der Waals surface area contributed by atoms with E-state index in [-0.39, 0.29) is 18.1 Å². The zero-order valence-electron chi connectivity index (χ0n) is 11.0. The van der Waals surface area contributed by atoms with Gasteiger partial charge < -0.3 is 15.7 Å². The van der Waals surface area contributed by atoms with Crippen molar-refractivity contribution < 1.29 is 9.90 Å². The Balaban J connectivity index is 2.11. The summed E-state index contributed by atoms with van der Waals surface area (Å²) in [7, 11) is 0. The fourth-order valence-corrected chi connectivity index (χ4v) is 2.20. The molecule has 0 heterocycles. The summed E-state index contributed by atoms with van der Waals surface area (Å²) in [4.78, 5) is 11.7. The Morgan fingerprint density at radius 3 is 2.71 bits per heavy atom. The molecule has 3 N–H and O–H groups in total. The first-order valence-corrected chi connectivity index (χ1v) is 6.80. The highest BCUT2D eigenvalue weighted by atomic mass is 16.3. The summed E-state index contributed by atoms with van der Waals surface area (Å²) < 4.78 is 0. The van der Waals surface area contributed by atoms with Crippen molar-refractivity contribution in [3.05, 3.63) is 0 Å². The molecule has 0 aliphatic heterocycles. The van der Waals surface area contributed by atoms with Gasteiger partial charge in [0.05, 0.1) is 12.1 Å². The molecular weight excluding hydrogens is 216 g/mol. The van der Waals surface area contributed by atoms with E-state index in [9.17, 15) is 9.90 Å². The van der Waals surface area contributed by atoms with Crippen LogP contribution in [0.3, 0.4) is 0 Å². The van der Waals surface area contributed by atoms with Gasteiger partial charge in [-0.15, -0.1) is 0 Å². The van der Waals surface area contributed by atoms with Crippen LogP contribution in [0, 0.1) is 0 Å². The molecule has 0 bridgehead atoms. The highest BCUT2D eigenvalue weighted by Gasteiger charge is 2.23. The number of carbonyl (C=O) groups is 1. The largest absolute Gasteiger partial charge is 0.391 e. The van der Waals surface area contributed by atoms with Crippen LogP contribution in [0.25, 0.3) is 0 Å². The molecule has 1 fully saturated rings. The van der Waals surface area contributed by atoms with Crippen molar-refractivity contribution in [3.8, 4) is 0 Å². The Hall–Kier alpha value is -0.610. The lowest BCUT2D eigenvalue weighted by atomic mass is 9.92. The van der Waals surface area contributed by atoms with Crippen molar-refractivity contribution in [2.75, 3.05) is 6.54 Å². The van der Waals surface area contributed by atoms with Crippen molar-refractivity contribution in [3.63, 3.8) is 0 Å². The number of hydrogen-bond acceptors (Lipinski definition) is 3. The number of hydrogen-bond donors (Lipinski definition) is 3. The third kappa shape index (κ3) is 6.03. The van der Waals surface area contributed by atoms with Gasteiger partial charge in [0, 0.05) is 12.5 Å². The van der Waals surface area contributed by atoms with Crippen LogP contribution in [0.15, 0.2) is 0 Å². The van der Waals surface area contributed by atoms with E-state index in [0.29, 0.717) is 12.5 Å². The van der Waals surface area contributed by atoms with Crippen LogP contribution in [0.4, 0.5) is 0 Å². The number of aliphatic hydroxyl groups excluding tert-OH is 1. The first-order valence-electron chi connectivity index (χ1n) is 6.80. The summed E-state index contributed by atoms with van der Waals surface area (Å²) in [6, 6.07) is 0.451. The lowest BCUT2D eigenvalue weighted by Gasteiger charge is -2.28. The molecule has 1 rings (SSSR count). The smallest absolute Gasteiger partial charge is 0.220 e. The molecule has 1 aliphatic carbocycles. The Labute approximate surface area is 104 Å². The van der Waals surface area contributed by atoms with Crippen molar-refractivity contribution in [1.82, 2.24) is 10.6 Å². The van der Waals surface area contributed by atoms with Crippen molar-refractivity contribution in [1.29, 1.82) is 0 Å². The monoisotopic (exact) mass is 242 g/mol. The minimum absolute atomic E-state index is 0.0192. The molecule has 0 aromatic rings. The van der Waals surface area contributed by atoms with E-state index in [1.54, 1.807) is 0 Å². The maximum absolute atomic E-state index is 11.7. The van der Waals surface area contributed by atoms with Crippen LogP contribution >= 0.6 is 0 Å². The molecule has 2 unspecified atom stereocenters. The van der Waals surface area contributed by atoms with Gasteiger partial charge in [-0.05, 0) is 25.8 Å². The van der Waals surface area contributed by atoms with Gasteiger partial charge in [0.25, 0.3) is 0 Å². The Morgan fingerprint density at radius 2 is 2.06 bits per heavy atom. The minimum Gasteiger partial charge on any atom is -0.391 e. The number of carbonyl (C=O) groups excluding carboxylic acids is 1. The van der Waals surface area contributed by atoms with Gasteiger partial charge in [-0.3, -0.25) is 4.79 Å². The van der Waals surface area contributed by atoms with Crippen molar-refractivity contribution in [2.24, 2.45) is 0 Å². The molecule has 1 saturated carbocycles.